The Hall–Kier alpha value is -2.73. The number of hydrogen-bond donors (Lipinski definition) is 1. The minimum Gasteiger partial charge on any atom is -0.490 e. The molecule has 0 aromatic heterocycles. The molecule has 0 radical (unpaired) electrons. The number of carbonyl (C=O) groups excluding carboxylic acids is 2. The summed E-state index contributed by atoms with van der Waals surface area (Å²) >= 11 is 5.90. The molecule has 0 bridgehead atoms. The van der Waals surface area contributed by atoms with Gasteiger partial charge in [-0.25, -0.2) is 4.79 Å². The average molecular weight is 414 g/mol. The summed E-state index contributed by atoms with van der Waals surface area (Å²) in [7, 11) is 0. The Morgan fingerprint density at radius 1 is 1.10 bits per heavy atom. The van der Waals surface area contributed by atoms with Crippen LogP contribution in [-0.2, 0) is 11.3 Å². The number of piperidine rings is 1. The van der Waals surface area contributed by atoms with Gasteiger partial charge in [-0.1, -0.05) is 35.9 Å². The van der Waals surface area contributed by atoms with E-state index >= 15 is 0 Å². The normalized spacial score (nSPS) is 18.6. The van der Waals surface area contributed by atoms with E-state index in [4.69, 9.17) is 16.3 Å². The van der Waals surface area contributed by atoms with Crippen molar-refractivity contribution >= 4 is 29.2 Å². The van der Waals surface area contributed by atoms with Gasteiger partial charge < -0.3 is 15.0 Å². The minimum absolute atomic E-state index is 0.0140. The molecule has 6 nitrogen and oxygen atoms in total. The van der Waals surface area contributed by atoms with Crippen molar-refractivity contribution in [2.75, 3.05) is 31.1 Å². The summed E-state index contributed by atoms with van der Waals surface area (Å²) < 4.78 is 5.65. The van der Waals surface area contributed by atoms with Crippen LogP contribution in [-0.4, -0.2) is 43.1 Å². The number of amides is 3. The van der Waals surface area contributed by atoms with Crippen molar-refractivity contribution in [3.8, 4) is 5.75 Å². The number of rotatable bonds is 3. The van der Waals surface area contributed by atoms with E-state index in [2.05, 4.69) is 5.32 Å². The van der Waals surface area contributed by atoms with Gasteiger partial charge in [0, 0.05) is 24.7 Å². The Labute approximate surface area is 175 Å². The molecule has 2 aromatic carbocycles. The van der Waals surface area contributed by atoms with Crippen molar-refractivity contribution in [2.24, 2.45) is 5.92 Å². The molecule has 152 valence electrons. The summed E-state index contributed by atoms with van der Waals surface area (Å²) in [6.07, 6.45) is 1.60. The topological polar surface area (TPSA) is 61.9 Å². The van der Waals surface area contributed by atoms with Gasteiger partial charge in [-0.15, -0.1) is 0 Å². The molecule has 1 saturated heterocycles. The summed E-state index contributed by atoms with van der Waals surface area (Å²) in [5.74, 6) is 0.512. The van der Waals surface area contributed by atoms with Gasteiger partial charge >= 0.3 is 6.03 Å². The molecular weight excluding hydrogens is 390 g/mol. The molecule has 0 aliphatic carbocycles. The number of carbonyl (C=O) groups is 2. The number of hydrogen-bond acceptors (Lipinski definition) is 3. The zero-order valence-electron chi connectivity index (χ0n) is 16.1. The molecule has 4 rings (SSSR count). The van der Waals surface area contributed by atoms with Crippen LogP contribution in [0.4, 0.5) is 10.5 Å². The average Bonchev–Trinajstić information content (AvgIpc) is 2.77. The van der Waals surface area contributed by atoms with E-state index in [0.29, 0.717) is 37.8 Å². The summed E-state index contributed by atoms with van der Waals surface area (Å²) in [5.41, 5.74) is 1.79. The second-order valence-corrected chi connectivity index (χ2v) is 7.82. The van der Waals surface area contributed by atoms with E-state index in [-0.39, 0.29) is 17.9 Å². The highest BCUT2D eigenvalue weighted by molar-refractivity contribution is 6.30. The number of ether oxygens (including phenoxy) is 1. The fourth-order valence-electron chi connectivity index (χ4n) is 3.84. The molecule has 1 N–H and O–H groups in total. The fraction of sp³-hybridized carbons (Fsp3) is 0.364. The SMILES string of the molecule is O=C(NCc1ccc(Cl)cc1)[C@@H]1CCCN(C(=O)N2CCOc3ccccc32)C1. The molecule has 0 spiro atoms. The lowest BCUT2D eigenvalue weighted by Gasteiger charge is -2.37. The van der Waals surface area contributed by atoms with Gasteiger partial charge in [0.1, 0.15) is 12.4 Å². The Morgan fingerprint density at radius 2 is 1.90 bits per heavy atom. The van der Waals surface area contributed by atoms with E-state index in [1.54, 1.807) is 9.80 Å². The lowest BCUT2D eigenvalue weighted by Crippen LogP contribution is -2.52. The van der Waals surface area contributed by atoms with Crippen molar-refractivity contribution in [1.82, 2.24) is 10.2 Å². The lowest BCUT2D eigenvalue weighted by molar-refractivity contribution is -0.126. The molecule has 2 aromatic rings. The van der Waals surface area contributed by atoms with Crippen molar-refractivity contribution in [3.05, 3.63) is 59.1 Å². The summed E-state index contributed by atoms with van der Waals surface area (Å²) in [6.45, 7) is 2.54. The zero-order chi connectivity index (χ0) is 20.2. The van der Waals surface area contributed by atoms with Gasteiger partial charge in [0.2, 0.25) is 5.91 Å². The van der Waals surface area contributed by atoms with Gasteiger partial charge in [0.25, 0.3) is 0 Å². The third-order valence-corrected chi connectivity index (χ3v) is 5.65. The van der Waals surface area contributed by atoms with E-state index in [9.17, 15) is 9.59 Å². The van der Waals surface area contributed by atoms with Crippen LogP contribution in [0.2, 0.25) is 5.02 Å². The molecule has 2 aliphatic rings. The molecule has 0 unspecified atom stereocenters. The van der Waals surface area contributed by atoms with Crippen LogP contribution in [0.3, 0.4) is 0 Å². The largest absolute Gasteiger partial charge is 0.490 e. The van der Waals surface area contributed by atoms with E-state index in [1.165, 1.54) is 0 Å². The van der Waals surface area contributed by atoms with E-state index in [0.717, 1.165) is 29.8 Å². The number of urea groups is 1. The highest BCUT2D eigenvalue weighted by Crippen LogP contribution is 2.32. The number of likely N-dealkylation sites (tertiary alicyclic amines) is 1. The van der Waals surface area contributed by atoms with Gasteiger partial charge in [-0.3, -0.25) is 9.69 Å². The Morgan fingerprint density at radius 3 is 2.72 bits per heavy atom. The lowest BCUT2D eigenvalue weighted by atomic mass is 9.97. The molecule has 1 atom stereocenters. The maximum absolute atomic E-state index is 13.1. The minimum atomic E-state index is -0.198. The molecule has 2 aliphatic heterocycles. The van der Waals surface area contributed by atoms with Crippen molar-refractivity contribution in [3.63, 3.8) is 0 Å². The number of anilines is 1. The van der Waals surface area contributed by atoms with Gasteiger partial charge in [0.05, 0.1) is 18.2 Å². The van der Waals surface area contributed by atoms with Crippen LogP contribution in [0.15, 0.2) is 48.5 Å². The van der Waals surface area contributed by atoms with E-state index < -0.39 is 0 Å². The Balaban J connectivity index is 1.37. The molecule has 1 fully saturated rings. The summed E-state index contributed by atoms with van der Waals surface area (Å²) in [6, 6.07) is 14.9. The molecule has 0 saturated carbocycles. The maximum Gasteiger partial charge on any atom is 0.324 e. The molecule has 29 heavy (non-hydrogen) atoms. The number of nitrogens with zero attached hydrogens (tertiary/aromatic N) is 2. The van der Waals surface area contributed by atoms with Crippen molar-refractivity contribution in [2.45, 2.75) is 19.4 Å². The third-order valence-electron chi connectivity index (χ3n) is 5.40. The summed E-state index contributed by atoms with van der Waals surface area (Å²) in [5, 5.41) is 3.66. The highest BCUT2D eigenvalue weighted by atomic mass is 35.5. The number of fused-ring (bicyclic) bond motifs is 1. The van der Waals surface area contributed by atoms with Crippen LogP contribution >= 0.6 is 11.6 Å². The second-order valence-electron chi connectivity index (χ2n) is 7.38. The first-order chi connectivity index (χ1) is 14.1. The van der Waals surface area contributed by atoms with Crippen LogP contribution in [0.25, 0.3) is 0 Å². The van der Waals surface area contributed by atoms with Crippen LogP contribution in [0, 0.1) is 5.92 Å². The second kappa shape index (κ2) is 8.74. The van der Waals surface area contributed by atoms with E-state index in [1.807, 2.05) is 48.5 Å². The van der Waals surface area contributed by atoms with Crippen molar-refractivity contribution < 1.29 is 14.3 Å². The van der Waals surface area contributed by atoms with Crippen LogP contribution < -0.4 is 15.0 Å². The quantitative estimate of drug-likeness (QED) is 0.834. The Bertz CT molecular complexity index is 887. The summed E-state index contributed by atoms with van der Waals surface area (Å²) in [4.78, 5) is 29.4. The molecular formula is C22H24ClN3O3. The number of halogens is 1. The maximum atomic E-state index is 13.1. The molecule has 7 heteroatoms. The molecule has 3 amide bonds. The number of nitrogens with one attached hydrogen (secondary N) is 1. The standard InChI is InChI=1S/C22H24ClN3O3/c23-18-9-7-16(8-10-18)14-24-21(27)17-4-3-11-25(15-17)22(28)26-12-13-29-20-6-2-1-5-19(20)26/h1-2,5-10,17H,3-4,11-15H2,(H,24,27)/t17-/m1/s1. The van der Waals surface area contributed by atoms with Gasteiger partial charge in [-0.2, -0.15) is 0 Å². The zero-order valence-corrected chi connectivity index (χ0v) is 16.9. The first kappa shape index (κ1) is 19.6. The first-order valence-electron chi connectivity index (χ1n) is 9.92. The third kappa shape index (κ3) is 4.48. The Kier molecular flexibility index (Phi) is 5.90. The van der Waals surface area contributed by atoms with Gasteiger partial charge in [0.15, 0.2) is 0 Å². The van der Waals surface area contributed by atoms with Crippen LogP contribution in [0.5, 0.6) is 5.75 Å². The number of para-hydroxylation sites is 2. The fourth-order valence-corrected chi connectivity index (χ4v) is 3.97. The predicted octanol–water partition coefficient (Wildman–Crippen LogP) is 3.69. The monoisotopic (exact) mass is 413 g/mol. The van der Waals surface area contributed by atoms with Crippen molar-refractivity contribution in [1.29, 1.82) is 0 Å². The highest BCUT2D eigenvalue weighted by Gasteiger charge is 2.33. The smallest absolute Gasteiger partial charge is 0.324 e. The number of benzene rings is 2. The van der Waals surface area contributed by atoms with Gasteiger partial charge in [-0.05, 0) is 42.7 Å². The predicted molar refractivity (Wildman–Crippen MR) is 112 cm³/mol. The first-order valence-corrected chi connectivity index (χ1v) is 10.3. The van der Waals surface area contributed by atoms with Crippen LogP contribution in [0.1, 0.15) is 18.4 Å². The molecule has 2 heterocycles.